The fourth-order valence-corrected chi connectivity index (χ4v) is 5.39. The number of aromatic nitrogens is 3. The van der Waals surface area contributed by atoms with Gasteiger partial charge in [-0.05, 0) is 32.0 Å². The Labute approximate surface area is 187 Å². The number of nitrogens with zero attached hydrogens (tertiary/aromatic N) is 5. The molecule has 1 aliphatic heterocycles. The van der Waals surface area contributed by atoms with Crippen LogP contribution < -0.4 is 10.2 Å². The molecule has 3 rings (SSSR count). The van der Waals surface area contributed by atoms with Gasteiger partial charge in [-0.15, -0.1) is 10.2 Å². The van der Waals surface area contributed by atoms with Crippen molar-refractivity contribution in [3.05, 3.63) is 24.5 Å². The average Bonchev–Trinajstić information content (AvgIpc) is 3.19. The molecule has 0 spiro atoms. The van der Waals surface area contributed by atoms with E-state index in [2.05, 4.69) is 20.4 Å². The van der Waals surface area contributed by atoms with Crippen molar-refractivity contribution >= 4 is 39.1 Å². The van der Waals surface area contributed by atoms with Crippen LogP contribution >= 0.6 is 11.8 Å². The van der Waals surface area contributed by atoms with Crippen molar-refractivity contribution < 1.29 is 17.9 Å². The summed E-state index contributed by atoms with van der Waals surface area (Å²) in [6.45, 7) is 6.85. The summed E-state index contributed by atoms with van der Waals surface area (Å²) >= 11 is 1.26. The van der Waals surface area contributed by atoms with Crippen molar-refractivity contribution in [1.82, 2.24) is 19.1 Å². The minimum Gasteiger partial charge on any atom is -0.379 e. The van der Waals surface area contributed by atoms with Crippen molar-refractivity contribution in [3.63, 3.8) is 0 Å². The number of aryl methyl sites for hydroxylation is 1. The van der Waals surface area contributed by atoms with Gasteiger partial charge in [-0.25, -0.2) is 8.42 Å². The summed E-state index contributed by atoms with van der Waals surface area (Å²) in [5.74, 6) is -0.118. The van der Waals surface area contributed by atoms with Crippen molar-refractivity contribution in [2.75, 3.05) is 55.4 Å². The number of sulfonamides is 1. The first-order chi connectivity index (χ1) is 14.9. The van der Waals surface area contributed by atoms with Crippen LogP contribution in [0.5, 0.6) is 0 Å². The third kappa shape index (κ3) is 5.56. The van der Waals surface area contributed by atoms with Crippen LogP contribution in [0.4, 0.5) is 11.4 Å². The molecule has 12 heteroatoms. The van der Waals surface area contributed by atoms with E-state index in [9.17, 15) is 13.2 Å². The van der Waals surface area contributed by atoms with E-state index in [-0.39, 0.29) is 16.6 Å². The van der Waals surface area contributed by atoms with E-state index in [0.717, 1.165) is 18.8 Å². The maximum absolute atomic E-state index is 13.1. The smallest absolute Gasteiger partial charge is 0.243 e. The molecular weight excluding hydrogens is 440 g/mol. The first kappa shape index (κ1) is 23.5. The molecule has 1 aliphatic rings. The molecule has 1 aromatic heterocycles. The predicted octanol–water partition coefficient (Wildman–Crippen LogP) is 1.41. The van der Waals surface area contributed by atoms with Gasteiger partial charge in [0.25, 0.3) is 0 Å². The van der Waals surface area contributed by atoms with Crippen LogP contribution in [0, 0.1) is 0 Å². The summed E-state index contributed by atoms with van der Waals surface area (Å²) in [5, 5.41) is 11.3. The van der Waals surface area contributed by atoms with Gasteiger partial charge in [0.05, 0.1) is 35.2 Å². The van der Waals surface area contributed by atoms with Gasteiger partial charge in [-0.1, -0.05) is 11.8 Å². The lowest BCUT2D eigenvalue weighted by Crippen LogP contribution is -2.40. The van der Waals surface area contributed by atoms with Crippen molar-refractivity contribution in [1.29, 1.82) is 0 Å². The van der Waals surface area contributed by atoms with E-state index < -0.39 is 10.0 Å². The zero-order valence-electron chi connectivity index (χ0n) is 17.9. The predicted molar refractivity (Wildman–Crippen MR) is 120 cm³/mol. The SMILES string of the molecule is CCN(CC)c1ccc(S(=O)(=O)N2CCOCC2)cc1NC(=O)CSc1nncn1C. The van der Waals surface area contributed by atoms with Gasteiger partial charge in [0.15, 0.2) is 5.16 Å². The number of benzene rings is 1. The van der Waals surface area contributed by atoms with Crippen molar-refractivity contribution in [2.45, 2.75) is 23.9 Å². The van der Waals surface area contributed by atoms with E-state index in [1.807, 2.05) is 13.8 Å². The minimum atomic E-state index is -3.67. The normalized spacial score (nSPS) is 15.1. The molecule has 31 heavy (non-hydrogen) atoms. The van der Waals surface area contributed by atoms with Gasteiger partial charge in [0.2, 0.25) is 15.9 Å². The number of nitrogens with one attached hydrogen (secondary N) is 1. The van der Waals surface area contributed by atoms with E-state index in [4.69, 9.17) is 4.74 Å². The summed E-state index contributed by atoms with van der Waals surface area (Å²) in [7, 11) is -1.87. The Kier molecular flexibility index (Phi) is 7.92. The third-order valence-electron chi connectivity index (χ3n) is 4.96. The van der Waals surface area contributed by atoms with Crippen LogP contribution in [0.25, 0.3) is 0 Å². The van der Waals surface area contributed by atoms with Crippen LogP contribution in [-0.4, -0.2) is 78.5 Å². The molecule has 2 heterocycles. The summed E-state index contributed by atoms with van der Waals surface area (Å²) in [5.41, 5.74) is 1.25. The van der Waals surface area contributed by atoms with E-state index in [0.29, 0.717) is 37.1 Å². The topological polar surface area (TPSA) is 110 Å². The number of morpholine rings is 1. The van der Waals surface area contributed by atoms with Crippen molar-refractivity contribution in [2.24, 2.45) is 7.05 Å². The average molecular weight is 469 g/mol. The lowest BCUT2D eigenvalue weighted by atomic mass is 10.2. The summed E-state index contributed by atoms with van der Waals surface area (Å²) in [6, 6.07) is 4.90. The summed E-state index contributed by atoms with van der Waals surface area (Å²) in [4.78, 5) is 14.9. The molecule has 1 saturated heterocycles. The molecule has 1 N–H and O–H groups in total. The fourth-order valence-electron chi connectivity index (χ4n) is 3.27. The molecule has 1 fully saturated rings. The number of hydrogen-bond acceptors (Lipinski definition) is 8. The van der Waals surface area contributed by atoms with Crippen LogP contribution in [0.2, 0.25) is 0 Å². The fraction of sp³-hybridized carbons (Fsp3) is 0.526. The highest BCUT2D eigenvalue weighted by Crippen LogP contribution is 2.31. The van der Waals surface area contributed by atoms with E-state index >= 15 is 0 Å². The number of amides is 1. The number of anilines is 2. The molecule has 0 bridgehead atoms. The van der Waals surface area contributed by atoms with Crippen molar-refractivity contribution in [3.8, 4) is 0 Å². The molecule has 0 radical (unpaired) electrons. The molecular formula is C19H28N6O4S2. The highest BCUT2D eigenvalue weighted by atomic mass is 32.2. The Morgan fingerprint density at radius 3 is 2.58 bits per heavy atom. The van der Waals surface area contributed by atoms with Gasteiger partial charge >= 0.3 is 0 Å². The lowest BCUT2D eigenvalue weighted by Gasteiger charge is -2.28. The molecule has 0 aliphatic carbocycles. The summed E-state index contributed by atoms with van der Waals surface area (Å²) in [6.07, 6.45) is 1.57. The van der Waals surface area contributed by atoms with Gasteiger partial charge in [0, 0.05) is 33.2 Å². The number of thioether (sulfide) groups is 1. The molecule has 10 nitrogen and oxygen atoms in total. The number of rotatable bonds is 9. The number of hydrogen-bond donors (Lipinski definition) is 1. The highest BCUT2D eigenvalue weighted by Gasteiger charge is 2.27. The number of carbonyl (C=O) groups excluding carboxylic acids is 1. The third-order valence-corrected chi connectivity index (χ3v) is 7.89. The standard InChI is InChI=1S/C19H28N6O4S2/c1-4-24(5-2)17-7-6-15(31(27,28)25-8-10-29-11-9-25)12-16(17)21-18(26)13-30-19-22-20-14-23(19)3/h6-7,12,14H,4-5,8-11,13H2,1-3H3,(H,21,26). The first-order valence-corrected chi connectivity index (χ1v) is 12.5. The van der Waals surface area contributed by atoms with Gasteiger partial charge in [-0.2, -0.15) is 4.31 Å². The van der Waals surface area contributed by atoms with E-state index in [1.54, 1.807) is 36.1 Å². The minimum absolute atomic E-state index is 0.130. The number of ether oxygens (including phenoxy) is 1. The van der Waals surface area contributed by atoms with Gasteiger partial charge in [0.1, 0.15) is 6.33 Å². The zero-order chi connectivity index (χ0) is 22.4. The monoisotopic (exact) mass is 468 g/mol. The maximum atomic E-state index is 13.1. The Morgan fingerprint density at radius 2 is 1.97 bits per heavy atom. The molecule has 170 valence electrons. The highest BCUT2D eigenvalue weighted by molar-refractivity contribution is 7.99. The van der Waals surface area contributed by atoms with Crippen LogP contribution in [-0.2, 0) is 26.6 Å². The molecule has 1 amide bonds. The second-order valence-electron chi connectivity index (χ2n) is 6.93. The van der Waals surface area contributed by atoms with Crippen LogP contribution in [0.1, 0.15) is 13.8 Å². The lowest BCUT2D eigenvalue weighted by molar-refractivity contribution is -0.113. The quantitative estimate of drug-likeness (QED) is 0.550. The Morgan fingerprint density at radius 1 is 1.26 bits per heavy atom. The zero-order valence-corrected chi connectivity index (χ0v) is 19.6. The molecule has 0 atom stereocenters. The Bertz CT molecular complexity index is 1000. The largest absolute Gasteiger partial charge is 0.379 e. The molecule has 0 unspecified atom stereocenters. The maximum Gasteiger partial charge on any atom is 0.243 e. The van der Waals surface area contributed by atoms with E-state index in [1.165, 1.54) is 16.1 Å². The second-order valence-corrected chi connectivity index (χ2v) is 9.81. The van der Waals surface area contributed by atoms with Crippen LogP contribution in [0.3, 0.4) is 0 Å². The first-order valence-electron chi connectivity index (χ1n) is 10.1. The Balaban J connectivity index is 1.85. The molecule has 1 aromatic carbocycles. The van der Waals surface area contributed by atoms with Gasteiger partial charge in [-0.3, -0.25) is 4.79 Å². The summed E-state index contributed by atoms with van der Waals surface area (Å²) < 4.78 is 34.6. The Hall–Kier alpha value is -2.15. The van der Waals surface area contributed by atoms with Gasteiger partial charge < -0.3 is 19.5 Å². The number of carbonyl (C=O) groups is 1. The van der Waals surface area contributed by atoms with Crippen LogP contribution in [0.15, 0.2) is 34.6 Å². The molecule has 2 aromatic rings. The molecule has 0 saturated carbocycles. The second kappa shape index (κ2) is 10.4.